The molecule has 0 saturated heterocycles. The molecule has 16 heavy (non-hydrogen) atoms. The van der Waals surface area contributed by atoms with E-state index in [-0.39, 0.29) is 5.91 Å². The lowest BCUT2D eigenvalue weighted by molar-refractivity contribution is 0.0933. The molecule has 0 unspecified atom stereocenters. The summed E-state index contributed by atoms with van der Waals surface area (Å²) >= 11 is 0. The van der Waals surface area contributed by atoms with Gasteiger partial charge >= 0.3 is 0 Å². The molecule has 2 heteroatoms. The van der Waals surface area contributed by atoms with Gasteiger partial charge in [-0.2, -0.15) is 0 Å². The largest absolute Gasteiger partial charge is 0.349 e. The van der Waals surface area contributed by atoms with Gasteiger partial charge in [0.1, 0.15) is 0 Å². The molecule has 1 fully saturated rings. The van der Waals surface area contributed by atoms with Crippen molar-refractivity contribution in [2.75, 3.05) is 0 Å². The predicted molar refractivity (Wildman–Crippen MR) is 65.4 cm³/mol. The molecule has 1 aromatic rings. The maximum Gasteiger partial charge on any atom is 0.251 e. The van der Waals surface area contributed by atoms with E-state index in [0.717, 1.165) is 18.4 Å². The van der Waals surface area contributed by atoms with Crippen LogP contribution in [-0.2, 0) is 0 Å². The molecule has 0 spiro atoms. The number of carbonyl (C=O) groups excluding carboxylic acids is 1. The highest BCUT2D eigenvalue weighted by Gasteiger charge is 2.15. The first-order valence-electron chi connectivity index (χ1n) is 6.22. The molecule has 0 atom stereocenters. The van der Waals surface area contributed by atoms with Crippen LogP contribution in [0.2, 0.25) is 0 Å². The minimum absolute atomic E-state index is 0.0764. The smallest absolute Gasteiger partial charge is 0.251 e. The van der Waals surface area contributed by atoms with Crippen molar-refractivity contribution in [3.8, 4) is 0 Å². The molecule has 1 N–H and O–H groups in total. The molecule has 0 aliphatic heterocycles. The average Bonchev–Trinajstić information content (AvgIpc) is 2.59. The monoisotopic (exact) mass is 217 g/mol. The molecule has 0 radical (unpaired) electrons. The van der Waals surface area contributed by atoms with Crippen molar-refractivity contribution in [2.45, 2.75) is 44.6 Å². The summed E-state index contributed by atoms with van der Waals surface area (Å²) in [6, 6.07) is 9.86. The molecule has 1 aromatic carbocycles. The third kappa shape index (κ3) is 3.09. The normalized spacial score (nSPS) is 17.8. The summed E-state index contributed by atoms with van der Waals surface area (Å²) in [4.78, 5) is 11.9. The van der Waals surface area contributed by atoms with Gasteiger partial charge in [0.25, 0.3) is 5.91 Å². The van der Waals surface area contributed by atoms with Crippen molar-refractivity contribution in [3.05, 3.63) is 35.9 Å². The highest BCUT2D eigenvalue weighted by molar-refractivity contribution is 5.94. The first-order valence-corrected chi connectivity index (χ1v) is 6.22. The molecule has 1 saturated carbocycles. The van der Waals surface area contributed by atoms with Crippen LogP contribution in [0.25, 0.3) is 0 Å². The van der Waals surface area contributed by atoms with E-state index in [1.807, 2.05) is 30.3 Å². The summed E-state index contributed by atoms with van der Waals surface area (Å²) < 4.78 is 0. The highest BCUT2D eigenvalue weighted by atomic mass is 16.1. The minimum Gasteiger partial charge on any atom is -0.349 e. The van der Waals surface area contributed by atoms with Crippen LogP contribution in [0.3, 0.4) is 0 Å². The van der Waals surface area contributed by atoms with E-state index >= 15 is 0 Å². The zero-order chi connectivity index (χ0) is 11.2. The number of amides is 1. The highest BCUT2D eigenvalue weighted by Crippen LogP contribution is 2.17. The van der Waals surface area contributed by atoms with E-state index in [0.29, 0.717) is 6.04 Å². The summed E-state index contributed by atoms with van der Waals surface area (Å²) in [5, 5.41) is 3.14. The standard InChI is InChI=1S/C14H19NO/c16-14(12-8-4-3-5-9-12)15-13-10-6-1-2-7-11-13/h3-5,8-9,13H,1-2,6-7,10-11H2,(H,15,16). The van der Waals surface area contributed by atoms with Gasteiger partial charge in [-0.3, -0.25) is 4.79 Å². The van der Waals surface area contributed by atoms with Gasteiger partial charge in [0.05, 0.1) is 0 Å². The van der Waals surface area contributed by atoms with E-state index in [2.05, 4.69) is 5.32 Å². The molecule has 0 aromatic heterocycles. The fourth-order valence-electron chi connectivity index (χ4n) is 2.28. The molecule has 1 aliphatic carbocycles. The van der Waals surface area contributed by atoms with Crippen LogP contribution in [0.1, 0.15) is 48.9 Å². The number of rotatable bonds is 2. The second-order valence-corrected chi connectivity index (χ2v) is 4.53. The lowest BCUT2D eigenvalue weighted by atomic mass is 10.1. The van der Waals surface area contributed by atoms with E-state index in [9.17, 15) is 4.79 Å². The topological polar surface area (TPSA) is 29.1 Å². The second kappa shape index (κ2) is 5.69. The van der Waals surface area contributed by atoms with Crippen LogP contribution >= 0.6 is 0 Å². The Bertz CT molecular complexity index is 326. The lowest BCUT2D eigenvalue weighted by Gasteiger charge is -2.16. The fraction of sp³-hybridized carbons (Fsp3) is 0.500. The van der Waals surface area contributed by atoms with Crippen LogP contribution in [-0.4, -0.2) is 11.9 Å². The van der Waals surface area contributed by atoms with Gasteiger partial charge < -0.3 is 5.32 Å². The lowest BCUT2D eigenvalue weighted by Crippen LogP contribution is -2.34. The molecule has 0 heterocycles. The number of nitrogens with one attached hydrogen (secondary N) is 1. The first kappa shape index (κ1) is 11.2. The Morgan fingerprint density at radius 3 is 2.25 bits per heavy atom. The molecule has 2 rings (SSSR count). The summed E-state index contributed by atoms with van der Waals surface area (Å²) in [5.41, 5.74) is 0.770. The van der Waals surface area contributed by atoms with Crippen molar-refractivity contribution in [3.63, 3.8) is 0 Å². The van der Waals surface area contributed by atoms with Crippen molar-refractivity contribution < 1.29 is 4.79 Å². The van der Waals surface area contributed by atoms with Gasteiger partial charge in [0, 0.05) is 11.6 Å². The number of hydrogen-bond donors (Lipinski definition) is 1. The number of hydrogen-bond acceptors (Lipinski definition) is 1. The average molecular weight is 217 g/mol. The van der Waals surface area contributed by atoms with Crippen molar-refractivity contribution >= 4 is 5.91 Å². The molecular formula is C14H19NO. The Labute approximate surface area is 97.1 Å². The second-order valence-electron chi connectivity index (χ2n) is 4.53. The number of carbonyl (C=O) groups is 1. The van der Waals surface area contributed by atoms with Gasteiger partial charge in [0.2, 0.25) is 0 Å². The Morgan fingerprint density at radius 1 is 1.00 bits per heavy atom. The van der Waals surface area contributed by atoms with E-state index in [4.69, 9.17) is 0 Å². The van der Waals surface area contributed by atoms with Crippen LogP contribution < -0.4 is 5.32 Å². The Morgan fingerprint density at radius 2 is 1.62 bits per heavy atom. The predicted octanol–water partition coefficient (Wildman–Crippen LogP) is 3.14. The Kier molecular flexibility index (Phi) is 3.97. The Hall–Kier alpha value is -1.31. The van der Waals surface area contributed by atoms with Crippen LogP contribution in [0, 0.1) is 0 Å². The summed E-state index contributed by atoms with van der Waals surface area (Å²) in [7, 11) is 0. The SMILES string of the molecule is O=C(NC1CCCCCC1)c1ccccc1. The van der Waals surface area contributed by atoms with Crippen LogP contribution in [0.5, 0.6) is 0 Å². The van der Waals surface area contributed by atoms with E-state index < -0.39 is 0 Å². The van der Waals surface area contributed by atoms with Crippen molar-refractivity contribution in [1.29, 1.82) is 0 Å². The van der Waals surface area contributed by atoms with Crippen LogP contribution in [0.4, 0.5) is 0 Å². The van der Waals surface area contributed by atoms with Gasteiger partial charge in [-0.25, -0.2) is 0 Å². The summed E-state index contributed by atoms with van der Waals surface area (Å²) in [6.07, 6.45) is 7.41. The van der Waals surface area contributed by atoms with E-state index in [1.165, 1.54) is 25.7 Å². The van der Waals surface area contributed by atoms with Gasteiger partial charge in [-0.1, -0.05) is 43.9 Å². The number of benzene rings is 1. The molecule has 1 amide bonds. The summed E-state index contributed by atoms with van der Waals surface area (Å²) in [6.45, 7) is 0. The zero-order valence-electron chi connectivity index (χ0n) is 9.61. The summed E-state index contributed by atoms with van der Waals surface area (Å²) in [5.74, 6) is 0.0764. The van der Waals surface area contributed by atoms with Crippen molar-refractivity contribution in [2.24, 2.45) is 0 Å². The van der Waals surface area contributed by atoms with Gasteiger partial charge in [-0.05, 0) is 25.0 Å². The molecule has 86 valence electrons. The first-order chi connectivity index (χ1) is 7.86. The van der Waals surface area contributed by atoms with Gasteiger partial charge in [-0.15, -0.1) is 0 Å². The van der Waals surface area contributed by atoms with Gasteiger partial charge in [0.15, 0.2) is 0 Å². The molecule has 2 nitrogen and oxygen atoms in total. The molecular weight excluding hydrogens is 198 g/mol. The third-order valence-electron chi connectivity index (χ3n) is 3.23. The fourth-order valence-corrected chi connectivity index (χ4v) is 2.28. The van der Waals surface area contributed by atoms with Crippen LogP contribution in [0.15, 0.2) is 30.3 Å². The Balaban J connectivity index is 1.91. The minimum atomic E-state index is 0.0764. The quantitative estimate of drug-likeness (QED) is 0.758. The van der Waals surface area contributed by atoms with Crippen molar-refractivity contribution in [1.82, 2.24) is 5.32 Å². The molecule has 1 aliphatic rings. The third-order valence-corrected chi connectivity index (χ3v) is 3.23. The van der Waals surface area contributed by atoms with E-state index in [1.54, 1.807) is 0 Å². The maximum absolute atomic E-state index is 11.9. The zero-order valence-corrected chi connectivity index (χ0v) is 9.61. The maximum atomic E-state index is 11.9. The molecule has 0 bridgehead atoms.